The third-order valence-corrected chi connectivity index (χ3v) is 2.65. The quantitative estimate of drug-likeness (QED) is 0.861. The van der Waals surface area contributed by atoms with Gasteiger partial charge in [0.15, 0.2) is 0 Å². The van der Waals surface area contributed by atoms with Crippen LogP contribution in [-0.4, -0.2) is 16.1 Å². The van der Waals surface area contributed by atoms with Gasteiger partial charge in [-0.15, -0.1) is 0 Å². The van der Waals surface area contributed by atoms with Crippen molar-refractivity contribution in [3.63, 3.8) is 0 Å². The number of rotatable bonds is 3. The lowest BCUT2D eigenvalue weighted by Crippen LogP contribution is -2.17. The molecule has 1 N–H and O–H groups in total. The van der Waals surface area contributed by atoms with E-state index >= 15 is 0 Å². The molecule has 0 bridgehead atoms. The summed E-state index contributed by atoms with van der Waals surface area (Å²) in [7, 11) is 0. The summed E-state index contributed by atoms with van der Waals surface area (Å²) in [5.74, 6) is -1.37. The number of pyridine rings is 1. The van der Waals surface area contributed by atoms with Gasteiger partial charge in [0.05, 0.1) is 12.2 Å². The third kappa shape index (κ3) is 1.66. The first kappa shape index (κ1) is 10.7. The standard InChI is InChI=1S/C12H13NO3/c1-7(2)10(12(14)15)9-6-16-11-8(9)4-3-5-13-11/h3-7,10H,1-2H3,(H,14,15). The monoisotopic (exact) mass is 219 g/mol. The van der Waals surface area contributed by atoms with E-state index in [0.717, 1.165) is 5.39 Å². The second-order valence-electron chi connectivity index (χ2n) is 4.11. The van der Waals surface area contributed by atoms with Gasteiger partial charge in [0.1, 0.15) is 0 Å². The minimum absolute atomic E-state index is 0.0125. The van der Waals surface area contributed by atoms with E-state index in [9.17, 15) is 9.90 Å². The third-order valence-electron chi connectivity index (χ3n) is 2.65. The van der Waals surface area contributed by atoms with Gasteiger partial charge < -0.3 is 9.52 Å². The summed E-state index contributed by atoms with van der Waals surface area (Å²) in [4.78, 5) is 15.3. The van der Waals surface area contributed by atoms with Gasteiger partial charge in [-0.2, -0.15) is 0 Å². The van der Waals surface area contributed by atoms with Crippen molar-refractivity contribution in [3.8, 4) is 0 Å². The highest BCUT2D eigenvalue weighted by Crippen LogP contribution is 2.31. The molecule has 1 unspecified atom stereocenters. The molecule has 2 heterocycles. The molecule has 0 aliphatic heterocycles. The van der Waals surface area contributed by atoms with Gasteiger partial charge in [0.2, 0.25) is 5.71 Å². The minimum Gasteiger partial charge on any atom is -0.481 e. The topological polar surface area (TPSA) is 63.3 Å². The molecule has 2 aromatic rings. The van der Waals surface area contributed by atoms with Crippen molar-refractivity contribution in [2.24, 2.45) is 5.92 Å². The summed E-state index contributed by atoms with van der Waals surface area (Å²) in [5.41, 5.74) is 1.19. The fourth-order valence-electron chi connectivity index (χ4n) is 1.91. The Morgan fingerprint density at radius 3 is 2.88 bits per heavy atom. The highest BCUT2D eigenvalue weighted by molar-refractivity contribution is 5.86. The van der Waals surface area contributed by atoms with E-state index < -0.39 is 11.9 Å². The molecule has 0 spiro atoms. The Bertz CT molecular complexity index is 516. The smallest absolute Gasteiger partial charge is 0.311 e. The first-order valence-corrected chi connectivity index (χ1v) is 5.16. The highest BCUT2D eigenvalue weighted by Gasteiger charge is 2.27. The van der Waals surface area contributed by atoms with E-state index in [2.05, 4.69) is 4.98 Å². The summed E-state index contributed by atoms with van der Waals surface area (Å²) in [6.45, 7) is 3.77. The lowest BCUT2D eigenvalue weighted by molar-refractivity contribution is -0.139. The van der Waals surface area contributed by atoms with Crippen LogP contribution in [0.2, 0.25) is 0 Å². The minimum atomic E-state index is -0.832. The number of aromatic nitrogens is 1. The van der Waals surface area contributed by atoms with Crippen LogP contribution < -0.4 is 0 Å². The molecule has 84 valence electrons. The van der Waals surface area contributed by atoms with Crippen LogP contribution >= 0.6 is 0 Å². The summed E-state index contributed by atoms with van der Waals surface area (Å²) in [6.07, 6.45) is 3.12. The molecule has 0 amide bonds. The first-order chi connectivity index (χ1) is 7.61. The summed E-state index contributed by atoms with van der Waals surface area (Å²) >= 11 is 0. The largest absolute Gasteiger partial charge is 0.481 e. The molecular formula is C12H13NO3. The molecule has 0 saturated carbocycles. The van der Waals surface area contributed by atoms with Crippen LogP contribution in [-0.2, 0) is 4.79 Å². The molecule has 16 heavy (non-hydrogen) atoms. The van der Waals surface area contributed by atoms with E-state index in [4.69, 9.17) is 4.42 Å². The number of carboxylic acid groups (broad SMARTS) is 1. The van der Waals surface area contributed by atoms with Crippen molar-refractivity contribution in [2.75, 3.05) is 0 Å². The van der Waals surface area contributed by atoms with Crippen molar-refractivity contribution in [2.45, 2.75) is 19.8 Å². The SMILES string of the molecule is CC(C)C(C(=O)O)c1coc2ncccc12. The average Bonchev–Trinajstić information content (AvgIpc) is 2.61. The van der Waals surface area contributed by atoms with Crippen molar-refractivity contribution in [3.05, 3.63) is 30.2 Å². The first-order valence-electron chi connectivity index (χ1n) is 5.16. The molecule has 0 aromatic carbocycles. The van der Waals surface area contributed by atoms with Gasteiger partial charge >= 0.3 is 5.97 Å². The van der Waals surface area contributed by atoms with Gasteiger partial charge in [0, 0.05) is 17.1 Å². The van der Waals surface area contributed by atoms with Crippen LogP contribution in [0.5, 0.6) is 0 Å². The lowest BCUT2D eigenvalue weighted by Gasteiger charge is -2.14. The number of hydrogen-bond acceptors (Lipinski definition) is 3. The molecule has 2 rings (SSSR count). The molecular weight excluding hydrogens is 206 g/mol. The van der Waals surface area contributed by atoms with Gasteiger partial charge in [-0.25, -0.2) is 4.98 Å². The maximum atomic E-state index is 11.2. The fraction of sp³-hybridized carbons (Fsp3) is 0.333. The number of carbonyl (C=O) groups is 1. The molecule has 0 radical (unpaired) electrons. The average molecular weight is 219 g/mol. The van der Waals surface area contributed by atoms with Crippen LogP contribution in [0, 0.1) is 5.92 Å². The number of nitrogens with zero attached hydrogens (tertiary/aromatic N) is 1. The lowest BCUT2D eigenvalue weighted by atomic mass is 9.89. The molecule has 0 aliphatic carbocycles. The summed E-state index contributed by atoms with van der Waals surface area (Å²) < 4.78 is 5.26. The Balaban J connectivity index is 2.57. The number of aliphatic carboxylic acids is 1. The number of fused-ring (bicyclic) bond motifs is 1. The Morgan fingerprint density at radius 2 is 2.25 bits per heavy atom. The Morgan fingerprint density at radius 1 is 1.50 bits per heavy atom. The van der Waals surface area contributed by atoms with Crippen LogP contribution in [0.3, 0.4) is 0 Å². The van der Waals surface area contributed by atoms with Gasteiger partial charge in [-0.1, -0.05) is 13.8 Å². The summed E-state index contributed by atoms with van der Waals surface area (Å²) in [5, 5.41) is 9.99. The number of hydrogen-bond donors (Lipinski definition) is 1. The Kier molecular flexibility index (Phi) is 2.64. The van der Waals surface area contributed by atoms with Gasteiger partial charge in [0.25, 0.3) is 0 Å². The second kappa shape index (κ2) is 3.96. The van der Waals surface area contributed by atoms with E-state index in [1.165, 1.54) is 6.26 Å². The molecule has 2 aromatic heterocycles. The summed E-state index contributed by atoms with van der Waals surface area (Å²) in [6, 6.07) is 3.61. The number of carboxylic acids is 1. The Hall–Kier alpha value is -1.84. The maximum absolute atomic E-state index is 11.2. The molecule has 4 heteroatoms. The Labute approximate surface area is 92.9 Å². The zero-order chi connectivity index (χ0) is 11.7. The molecule has 0 fully saturated rings. The van der Waals surface area contributed by atoms with E-state index in [1.807, 2.05) is 19.9 Å². The molecule has 0 aliphatic rings. The van der Waals surface area contributed by atoms with Crippen LogP contribution in [0.1, 0.15) is 25.3 Å². The zero-order valence-corrected chi connectivity index (χ0v) is 9.18. The van der Waals surface area contributed by atoms with Crippen molar-refractivity contribution < 1.29 is 14.3 Å². The van der Waals surface area contributed by atoms with Crippen LogP contribution in [0.25, 0.3) is 11.1 Å². The highest BCUT2D eigenvalue weighted by atomic mass is 16.4. The van der Waals surface area contributed by atoms with Crippen molar-refractivity contribution >= 4 is 17.1 Å². The fourth-order valence-corrected chi connectivity index (χ4v) is 1.91. The molecule has 1 atom stereocenters. The van der Waals surface area contributed by atoms with Crippen LogP contribution in [0.4, 0.5) is 0 Å². The van der Waals surface area contributed by atoms with E-state index in [-0.39, 0.29) is 5.92 Å². The maximum Gasteiger partial charge on any atom is 0.311 e. The molecule has 4 nitrogen and oxygen atoms in total. The predicted octanol–water partition coefficient (Wildman–Crippen LogP) is 2.65. The van der Waals surface area contributed by atoms with Crippen molar-refractivity contribution in [1.82, 2.24) is 4.98 Å². The zero-order valence-electron chi connectivity index (χ0n) is 9.18. The van der Waals surface area contributed by atoms with Gasteiger partial charge in [-0.3, -0.25) is 4.79 Å². The van der Waals surface area contributed by atoms with Crippen LogP contribution in [0.15, 0.2) is 29.0 Å². The van der Waals surface area contributed by atoms with E-state index in [1.54, 1.807) is 12.3 Å². The molecule has 0 saturated heterocycles. The van der Waals surface area contributed by atoms with E-state index in [0.29, 0.717) is 11.3 Å². The second-order valence-corrected chi connectivity index (χ2v) is 4.11. The predicted molar refractivity (Wildman–Crippen MR) is 59.2 cm³/mol. The number of furan rings is 1. The van der Waals surface area contributed by atoms with Crippen molar-refractivity contribution in [1.29, 1.82) is 0 Å². The van der Waals surface area contributed by atoms with Gasteiger partial charge in [-0.05, 0) is 18.1 Å². The normalized spacial score (nSPS) is 13.2.